The van der Waals surface area contributed by atoms with Crippen molar-refractivity contribution in [3.63, 3.8) is 0 Å². The van der Waals surface area contributed by atoms with Gasteiger partial charge in [-0.15, -0.1) is 0 Å². The fourth-order valence-corrected chi connectivity index (χ4v) is 3.33. The normalized spacial score (nSPS) is 18.3. The van der Waals surface area contributed by atoms with Crippen LogP contribution in [-0.2, 0) is 16.3 Å². The summed E-state index contributed by atoms with van der Waals surface area (Å²) >= 11 is 0. The summed E-state index contributed by atoms with van der Waals surface area (Å²) in [6, 6.07) is 7.35. The standard InChI is InChI=1S/C13H18N2O3S/c14-5-4-11-2-1-3-12(10-11)13(16)15-6-8-19(17,18)9-7-15/h1-3,10H,4-9,14H2. The SMILES string of the molecule is NCCc1cccc(C(=O)N2CCS(=O)(=O)CC2)c1. The third kappa shape index (κ3) is 3.54. The summed E-state index contributed by atoms with van der Waals surface area (Å²) in [5.41, 5.74) is 7.13. The Kier molecular flexibility index (Phi) is 4.21. The van der Waals surface area contributed by atoms with Gasteiger partial charge < -0.3 is 10.6 Å². The predicted molar refractivity (Wildman–Crippen MR) is 73.8 cm³/mol. The van der Waals surface area contributed by atoms with Crippen molar-refractivity contribution >= 4 is 15.7 Å². The van der Waals surface area contributed by atoms with Gasteiger partial charge in [-0.3, -0.25) is 4.79 Å². The first-order chi connectivity index (χ1) is 9.02. The van der Waals surface area contributed by atoms with Crippen LogP contribution in [0.25, 0.3) is 0 Å². The zero-order chi connectivity index (χ0) is 13.9. The smallest absolute Gasteiger partial charge is 0.253 e. The third-order valence-electron chi connectivity index (χ3n) is 3.24. The molecular formula is C13H18N2O3S. The fourth-order valence-electron chi connectivity index (χ4n) is 2.12. The molecule has 1 fully saturated rings. The minimum Gasteiger partial charge on any atom is -0.337 e. The summed E-state index contributed by atoms with van der Waals surface area (Å²) < 4.78 is 22.7. The van der Waals surface area contributed by atoms with E-state index >= 15 is 0 Å². The van der Waals surface area contributed by atoms with Crippen molar-refractivity contribution in [2.45, 2.75) is 6.42 Å². The Bertz CT molecular complexity index is 555. The van der Waals surface area contributed by atoms with Crippen molar-refractivity contribution in [3.05, 3.63) is 35.4 Å². The van der Waals surface area contributed by atoms with E-state index in [2.05, 4.69) is 0 Å². The van der Waals surface area contributed by atoms with Crippen molar-refractivity contribution in [2.75, 3.05) is 31.1 Å². The highest BCUT2D eigenvalue weighted by Crippen LogP contribution is 2.12. The summed E-state index contributed by atoms with van der Waals surface area (Å²) in [6.07, 6.45) is 0.732. The van der Waals surface area contributed by atoms with Crippen LogP contribution >= 0.6 is 0 Å². The summed E-state index contributed by atoms with van der Waals surface area (Å²) in [4.78, 5) is 13.9. The Labute approximate surface area is 113 Å². The first-order valence-corrected chi connectivity index (χ1v) is 8.13. The van der Waals surface area contributed by atoms with Gasteiger partial charge in [0.15, 0.2) is 9.84 Å². The molecule has 1 aliphatic rings. The predicted octanol–water partition coefficient (Wildman–Crippen LogP) is 0.0584. The molecule has 1 saturated heterocycles. The Morgan fingerprint density at radius 3 is 2.58 bits per heavy atom. The van der Waals surface area contributed by atoms with Crippen molar-refractivity contribution < 1.29 is 13.2 Å². The molecule has 0 atom stereocenters. The number of sulfone groups is 1. The van der Waals surface area contributed by atoms with Gasteiger partial charge >= 0.3 is 0 Å². The zero-order valence-electron chi connectivity index (χ0n) is 10.7. The van der Waals surface area contributed by atoms with E-state index in [1.807, 2.05) is 18.2 Å². The highest BCUT2D eigenvalue weighted by molar-refractivity contribution is 7.91. The van der Waals surface area contributed by atoms with E-state index in [4.69, 9.17) is 5.73 Å². The molecule has 0 aliphatic carbocycles. The molecule has 2 rings (SSSR count). The number of carbonyl (C=O) groups is 1. The lowest BCUT2D eigenvalue weighted by Crippen LogP contribution is -2.43. The molecule has 5 nitrogen and oxygen atoms in total. The molecule has 1 aromatic rings. The Morgan fingerprint density at radius 2 is 1.95 bits per heavy atom. The number of nitrogens with two attached hydrogens (primary N) is 1. The third-order valence-corrected chi connectivity index (χ3v) is 4.85. The van der Waals surface area contributed by atoms with Gasteiger partial charge in [0, 0.05) is 18.7 Å². The molecule has 1 aliphatic heterocycles. The molecule has 0 bridgehead atoms. The summed E-state index contributed by atoms with van der Waals surface area (Å²) in [6.45, 7) is 1.10. The molecule has 0 spiro atoms. The maximum Gasteiger partial charge on any atom is 0.253 e. The van der Waals surface area contributed by atoms with E-state index in [0.29, 0.717) is 12.1 Å². The molecule has 104 valence electrons. The molecule has 19 heavy (non-hydrogen) atoms. The van der Waals surface area contributed by atoms with Crippen molar-refractivity contribution in [2.24, 2.45) is 5.73 Å². The van der Waals surface area contributed by atoms with E-state index < -0.39 is 9.84 Å². The summed E-state index contributed by atoms with van der Waals surface area (Å²) in [5, 5.41) is 0. The number of hydrogen-bond acceptors (Lipinski definition) is 4. The van der Waals surface area contributed by atoms with E-state index in [9.17, 15) is 13.2 Å². The number of nitrogens with zero attached hydrogens (tertiary/aromatic N) is 1. The number of rotatable bonds is 3. The van der Waals surface area contributed by atoms with Gasteiger partial charge in [0.1, 0.15) is 0 Å². The van der Waals surface area contributed by atoms with Crippen LogP contribution in [0, 0.1) is 0 Å². The molecule has 2 N–H and O–H groups in total. The topological polar surface area (TPSA) is 80.5 Å². The van der Waals surface area contributed by atoms with E-state index in [-0.39, 0.29) is 30.5 Å². The van der Waals surface area contributed by atoms with Crippen molar-refractivity contribution in [1.82, 2.24) is 4.90 Å². The molecular weight excluding hydrogens is 264 g/mol. The van der Waals surface area contributed by atoms with Crippen LogP contribution in [0.2, 0.25) is 0 Å². The Hall–Kier alpha value is -1.40. The molecule has 0 saturated carbocycles. The van der Waals surface area contributed by atoms with Crippen LogP contribution in [-0.4, -0.2) is 50.4 Å². The fraction of sp³-hybridized carbons (Fsp3) is 0.462. The average Bonchev–Trinajstić information content (AvgIpc) is 2.39. The van der Waals surface area contributed by atoms with Gasteiger partial charge in [-0.2, -0.15) is 0 Å². The Balaban J connectivity index is 2.09. The van der Waals surface area contributed by atoms with Crippen LogP contribution in [0.3, 0.4) is 0 Å². The lowest BCUT2D eigenvalue weighted by atomic mass is 10.1. The van der Waals surface area contributed by atoms with Crippen LogP contribution < -0.4 is 5.73 Å². The van der Waals surface area contributed by atoms with Gasteiger partial charge in [0.25, 0.3) is 5.91 Å². The van der Waals surface area contributed by atoms with Crippen LogP contribution in [0.1, 0.15) is 15.9 Å². The maximum atomic E-state index is 12.3. The van der Waals surface area contributed by atoms with Gasteiger partial charge in [-0.05, 0) is 30.7 Å². The highest BCUT2D eigenvalue weighted by atomic mass is 32.2. The lowest BCUT2D eigenvalue weighted by molar-refractivity contribution is 0.0770. The monoisotopic (exact) mass is 282 g/mol. The van der Waals surface area contributed by atoms with E-state index in [1.165, 1.54) is 0 Å². The van der Waals surface area contributed by atoms with Crippen molar-refractivity contribution in [1.29, 1.82) is 0 Å². The van der Waals surface area contributed by atoms with E-state index in [1.54, 1.807) is 11.0 Å². The minimum absolute atomic E-state index is 0.0568. The first-order valence-electron chi connectivity index (χ1n) is 6.30. The second-order valence-corrected chi connectivity index (χ2v) is 6.99. The zero-order valence-corrected chi connectivity index (χ0v) is 11.5. The number of hydrogen-bond donors (Lipinski definition) is 1. The quantitative estimate of drug-likeness (QED) is 0.850. The first kappa shape index (κ1) is 14.0. The van der Waals surface area contributed by atoms with Crippen LogP contribution in [0.4, 0.5) is 0 Å². The lowest BCUT2D eigenvalue weighted by Gasteiger charge is -2.26. The minimum atomic E-state index is -2.96. The molecule has 1 aromatic carbocycles. The second-order valence-electron chi connectivity index (χ2n) is 4.68. The van der Waals surface area contributed by atoms with Gasteiger partial charge in [0.05, 0.1) is 11.5 Å². The second kappa shape index (κ2) is 5.71. The maximum absolute atomic E-state index is 12.3. The van der Waals surface area contributed by atoms with Gasteiger partial charge in [-0.1, -0.05) is 12.1 Å². The van der Waals surface area contributed by atoms with Crippen LogP contribution in [0.5, 0.6) is 0 Å². The molecule has 6 heteroatoms. The van der Waals surface area contributed by atoms with E-state index in [0.717, 1.165) is 12.0 Å². The number of benzene rings is 1. The largest absolute Gasteiger partial charge is 0.337 e. The highest BCUT2D eigenvalue weighted by Gasteiger charge is 2.25. The molecule has 0 radical (unpaired) electrons. The molecule has 1 heterocycles. The number of carbonyl (C=O) groups excluding carboxylic acids is 1. The Morgan fingerprint density at radius 1 is 1.26 bits per heavy atom. The summed E-state index contributed by atoms with van der Waals surface area (Å²) in [5.74, 6) is 0.0106. The average molecular weight is 282 g/mol. The number of amides is 1. The molecule has 0 aromatic heterocycles. The molecule has 0 unspecified atom stereocenters. The van der Waals surface area contributed by atoms with Gasteiger partial charge in [-0.25, -0.2) is 8.42 Å². The van der Waals surface area contributed by atoms with Gasteiger partial charge in [0.2, 0.25) is 0 Å². The van der Waals surface area contributed by atoms with Crippen molar-refractivity contribution in [3.8, 4) is 0 Å². The summed E-state index contributed by atoms with van der Waals surface area (Å²) in [7, 11) is -2.96. The van der Waals surface area contributed by atoms with Crippen LogP contribution in [0.15, 0.2) is 24.3 Å². The molecule has 1 amide bonds.